The minimum absolute atomic E-state index is 0.275. The van der Waals surface area contributed by atoms with Gasteiger partial charge in [-0.1, -0.05) is 32.1 Å². The monoisotopic (exact) mass is 410 g/mol. The lowest BCUT2D eigenvalue weighted by atomic mass is 9.86. The smallest absolute Gasteiger partial charge is 0.256 e. The lowest BCUT2D eigenvalue weighted by molar-refractivity contribution is 0.0628. The van der Waals surface area contributed by atoms with E-state index in [9.17, 15) is 4.79 Å². The second-order valence-electron chi connectivity index (χ2n) is 10.2. The molecule has 0 bridgehead atoms. The summed E-state index contributed by atoms with van der Waals surface area (Å²) in [5.74, 6) is 1.15. The van der Waals surface area contributed by atoms with Crippen LogP contribution in [-0.2, 0) is 6.54 Å². The van der Waals surface area contributed by atoms with Gasteiger partial charge in [0.1, 0.15) is 0 Å². The van der Waals surface area contributed by atoms with Crippen molar-refractivity contribution in [3.05, 3.63) is 34.8 Å². The summed E-state index contributed by atoms with van der Waals surface area (Å²) in [6, 6.07) is 3.42. The Labute approximate surface area is 181 Å². The van der Waals surface area contributed by atoms with Gasteiger partial charge in [-0.3, -0.25) is 4.79 Å². The van der Waals surface area contributed by atoms with Gasteiger partial charge in [-0.2, -0.15) is 0 Å². The fourth-order valence-corrected chi connectivity index (χ4v) is 6.13. The molecule has 2 N–H and O–H groups in total. The Morgan fingerprint density at radius 1 is 1.07 bits per heavy atom. The van der Waals surface area contributed by atoms with Gasteiger partial charge in [-0.05, 0) is 69.9 Å². The highest BCUT2D eigenvalue weighted by atomic mass is 16.2. The van der Waals surface area contributed by atoms with Crippen molar-refractivity contribution < 1.29 is 4.79 Å². The van der Waals surface area contributed by atoms with Crippen LogP contribution in [0.25, 0.3) is 0 Å². The third kappa shape index (κ3) is 3.93. The number of nitrogens with one attached hydrogen (secondary N) is 2. The van der Waals surface area contributed by atoms with Crippen molar-refractivity contribution in [2.75, 3.05) is 0 Å². The standard InChI is InChI=1S/C25H38N4O/c1-17-14-23(18(2)28(17)13-12-19-6-4-3-5-7-19)25(30)29(21-8-9-21)22-10-11-24-20(15-22)16-26-27-24/h14,16,19,21-22,24,26-27H,3-13,15H2,1-2H3. The number of hydrazine groups is 1. The Kier molecular flexibility index (Phi) is 5.65. The summed E-state index contributed by atoms with van der Waals surface area (Å²) in [4.78, 5) is 16.0. The van der Waals surface area contributed by atoms with Gasteiger partial charge in [0.25, 0.3) is 5.91 Å². The minimum atomic E-state index is 0.275. The van der Waals surface area contributed by atoms with Crippen LogP contribution in [0.2, 0.25) is 0 Å². The van der Waals surface area contributed by atoms with Gasteiger partial charge in [0.2, 0.25) is 0 Å². The Hall–Kier alpha value is -1.75. The number of aromatic nitrogens is 1. The molecule has 0 saturated heterocycles. The first-order valence-corrected chi connectivity index (χ1v) is 12.3. The molecule has 4 aliphatic rings. The Morgan fingerprint density at radius 2 is 1.83 bits per heavy atom. The summed E-state index contributed by atoms with van der Waals surface area (Å²) >= 11 is 0. The van der Waals surface area contributed by atoms with Crippen molar-refractivity contribution in [2.45, 2.75) is 109 Å². The molecule has 2 heterocycles. The summed E-state index contributed by atoms with van der Waals surface area (Å²) in [5.41, 5.74) is 11.3. The molecule has 5 nitrogen and oxygen atoms in total. The van der Waals surface area contributed by atoms with Crippen LogP contribution in [0.1, 0.15) is 92.4 Å². The highest BCUT2D eigenvalue weighted by Gasteiger charge is 2.41. The molecule has 0 radical (unpaired) electrons. The molecule has 30 heavy (non-hydrogen) atoms. The van der Waals surface area contributed by atoms with Crippen molar-refractivity contribution in [3.8, 4) is 0 Å². The molecule has 5 heteroatoms. The van der Waals surface area contributed by atoms with Crippen LogP contribution in [0.4, 0.5) is 0 Å². The molecule has 1 amide bonds. The molecule has 3 aliphatic carbocycles. The number of amides is 1. The summed E-state index contributed by atoms with van der Waals surface area (Å²) in [6.07, 6.45) is 15.9. The van der Waals surface area contributed by atoms with E-state index in [1.165, 1.54) is 68.3 Å². The first-order chi connectivity index (χ1) is 14.6. The average molecular weight is 411 g/mol. The number of aryl methyl sites for hydroxylation is 1. The van der Waals surface area contributed by atoms with Gasteiger partial charge < -0.3 is 14.9 Å². The van der Waals surface area contributed by atoms with E-state index in [4.69, 9.17) is 0 Å². The zero-order valence-electron chi connectivity index (χ0n) is 18.8. The van der Waals surface area contributed by atoms with Gasteiger partial charge in [0.05, 0.1) is 5.56 Å². The first kappa shape index (κ1) is 20.2. The number of nitrogens with zero attached hydrogens (tertiary/aromatic N) is 2. The second kappa shape index (κ2) is 8.41. The number of hydrogen-bond donors (Lipinski definition) is 2. The zero-order valence-corrected chi connectivity index (χ0v) is 18.8. The Balaban J connectivity index is 1.31. The van der Waals surface area contributed by atoms with E-state index in [-0.39, 0.29) is 5.91 Å². The first-order valence-electron chi connectivity index (χ1n) is 12.3. The maximum absolute atomic E-state index is 13.8. The van der Waals surface area contributed by atoms with Gasteiger partial charge in [0.15, 0.2) is 0 Å². The topological polar surface area (TPSA) is 49.3 Å². The molecule has 0 aromatic carbocycles. The van der Waals surface area contributed by atoms with Crippen molar-refractivity contribution >= 4 is 5.91 Å². The predicted molar refractivity (Wildman–Crippen MR) is 120 cm³/mol. The largest absolute Gasteiger partial charge is 0.348 e. The molecule has 164 valence electrons. The number of carbonyl (C=O) groups is 1. The van der Waals surface area contributed by atoms with Crippen LogP contribution in [0.5, 0.6) is 0 Å². The molecule has 3 fully saturated rings. The lowest BCUT2D eigenvalue weighted by Crippen LogP contribution is -2.46. The van der Waals surface area contributed by atoms with Gasteiger partial charge in [0, 0.05) is 42.3 Å². The maximum atomic E-state index is 13.8. The lowest BCUT2D eigenvalue weighted by Gasteiger charge is -2.37. The summed E-state index contributed by atoms with van der Waals surface area (Å²) in [5, 5.41) is 0. The number of carbonyl (C=O) groups excluding carboxylic acids is 1. The van der Waals surface area contributed by atoms with E-state index in [1.54, 1.807) is 0 Å². The highest BCUT2D eigenvalue weighted by molar-refractivity contribution is 5.96. The average Bonchev–Trinajstić information content (AvgIpc) is 3.40. The molecule has 1 aromatic heterocycles. The third-order valence-electron chi connectivity index (χ3n) is 8.08. The van der Waals surface area contributed by atoms with Gasteiger partial charge in [-0.15, -0.1) is 0 Å². The third-order valence-corrected chi connectivity index (χ3v) is 8.08. The summed E-state index contributed by atoms with van der Waals surface area (Å²) < 4.78 is 2.41. The molecular formula is C25H38N4O. The van der Waals surface area contributed by atoms with Crippen LogP contribution in [0, 0.1) is 19.8 Å². The van der Waals surface area contributed by atoms with Crippen molar-refractivity contribution in [2.24, 2.45) is 5.92 Å². The van der Waals surface area contributed by atoms with Crippen molar-refractivity contribution in [1.82, 2.24) is 20.3 Å². The van der Waals surface area contributed by atoms with E-state index in [2.05, 4.69) is 46.4 Å². The van der Waals surface area contributed by atoms with E-state index in [1.807, 2.05) is 0 Å². The number of rotatable bonds is 6. The number of fused-ring (bicyclic) bond motifs is 1. The molecule has 1 aromatic rings. The normalized spacial score (nSPS) is 26.8. The minimum Gasteiger partial charge on any atom is -0.348 e. The number of hydrogen-bond acceptors (Lipinski definition) is 3. The van der Waals surface area contributed by atoms with E-state index in [0.717, 1.165) is 37.3 Å². The van der Waals surface area contributed by atoms with Gasteiger partial charge in [-0.25, -0.2) is 5.43 Å². The molecule has 1 aliphatic heterocycles. The van der Waals surface area contributed by atoms with E-state index >= 15 is 0 Å². The fraction of sp³-hybridized carbons (Fsp3) is 0.720. The molecule has 3 saturated carbocycles. The summed E-state index contributed by atoms with van der Waals surface area (Å²) in [7, 11) is 0. The van der Waals surface area contributed by atoms with Crippen LogP contribution < -0.4 is 10.9 Å². The molecule has 2 atom stereocenters. The highest BCUT2D eigenvalue weighted by Crippen LogP contribution is 2.38. The van der Waals surface area contributed by atoms with E-state index < -0.39 is 0 Å². The fourth-order valence-electron chi connectivity index (χ4n) is 6.13. The van der Waals surface area contributed by atoms with Crippen LogP contribution in [0.15, 0.2) is 17.8 Å². The second-order valence-corrected chi connectivity index (χ2v) is 10.2. The Bertz CT molecular complexity index is 815. The molecule has 2 unspecified atom stereocenters. The van der Waals surface area contributed by atoms with Crippen LogP contribution in [-0.4, -0.2) is 33.5 Å². The van der Waals surface area contributed by atoms with Crippen LogP contribution in [0.3, 0.4) is 0 Å². The van der Waals surface area contributed by atoms with Gasteiger partial charge >= 0.3 is 0 Å². The SMILES string of the molecule is Cc1cc(C(=O)N(C2CC2)C2CCC3NNC=C3C2)c(C)n1CCC1CCCCC1. The zero-order chi connectivity index (χ0) is 20.7. The van der Waals surface area contributed by atoms with Crippen molar-refractivity contribution in [3.63, 3.8) is 0 Å². The summed E-state index contributed by atoms with van der Waals surface area (Å²) in [6.45, 7) is 5.41. The van der Waals surface area contributed by atoms with Crippen LogP contribution >= 0.6 is 0 Å². The maximum Gasteiger partial charge on any atom is 0.256 e. The van der Waals surface area contributed by atoms with E-state index in [0.29, 0.717) is 18.1 Å². The predicted octanol–water partition coefficient (Wildman–Crippen LogP) is 4.59. The van der Waals surface area contributed by atoms with Crippen molar-refractivity contribution in [1.29, 1.82) is 0 Å². The Morgan fingerprint density at radius 3 is 2.60 bits per heavy atom. The molecule has 0 spiro atoms. The molecule has 5 rings (SSSR count). The quantitative estimate of drug-likeness (QED) is 0.721. The molecular weight excluding hydrogens is 372 g/mol.